The van der Waals surface area contributed by atoms with Crippen molar-refractivity contribution in [3.8, 4) is 11.5 Å². The number of anilines is 1. The average molecular weight is 301 g/mol. The first-order chi connectivity index (χ1) is 9.34. The van der Waals surface area contributed by atoms with Crippen LogP contribution in [0.3, 0.4) is 0 Å². The van der Waals surface area contributed by atoms with Gasteiger partial charge in [0, 0.05) is 14.1 Å². The van der Waals surface area contributed by atoms with Gasteiger partial charge in [-0.1, -0.05) is 11.6 Å². The second-order valence-electron chi connectivity index (χ2n) is 3.92. The molecule has 0 spiro atoms. The van der Waals surface area contributed by atoms with Gasteiger partial charge in [-0.05, 0) is 12.1 Å². The summed E-state index contributed by atoms with van der Waals surface area (Å²) in [6.45, 7) is 0. The maximum Gasteiger partial charge on any atom is 0.330 e. The molecule has 110 valence electrons. The Morgan fingerprint density at radius 3 is 2.35 bits per heavy atom. The normalized spacial score (nSPS) is 9.85. The summed E-state index contributed by atoms with van der Waals surface area (Å²) in [4.78, 5) is 14.4. The van der Waals surface area contributed by atoms with Crippen molar-refractivity contribution in [1.82, 2.24) is 4.90 Å². The number of rotatable bonds is 3. The molecule has 0 bridgehead atoms. The minimum atomic E-state index is -0.522. The first-order valence-electron chi connectivity index (χ1n) is 5.61. The van der Waals surface area contributed by atoms with E-state index in [1.165, 1.54) is 33.2 Å². The van der Waals surface area contributed by atoms with Crippen molar-refractivity contribution in [2.45, 2.75) is 0 Å². The van der Waals surface area contributed by atoms with Gasteiger partial charge in [0.1, 0.15) is 5.69 Å². The second kappa shape index (κ2) is 6.33. The number of methoxy groups -OCH3 is 2. The highest BCUT2D eigenvalue weighted by molar-refractivity contribution is 6.34. The maximum atomic E-state index is 12.2. The Hall–Kier alpha value is -2.15. The van der Waals surface area contributed by atoms with Gasteiger partial charge >= 0.3 is 6.03 Å². The van der Waals surface area contributed by atoms with Crippen LogP contribution in [0.25, 0.3) is 0 Å². The summed E-state index contributed by atoms with van der Waals surface area (Å²) in [6.07, 6.45) is 0. The number of halogens is 1. The number of nitrogens with one attached hydrogen (secondary N) is 1. The average Bonchev–Trinajstić information content (AvgIpc) is 2.44. The number of nitrogens with zero attached hydrogens (tertiary/aromatic N) is 2. The molecule has 3 N–H and O–H groups in total. The molecule has 1 aromatic rings. The van der Waals surface area contributed by atoms with Gasteiger partial charge in [-0.25, -0.2) is 4.79 Å². The van der Waals surface area contributed by atoms with Crippen molar-refractivity contribution in [3.05, 3.63) is 17.2 Å². The van der Waals surface area contributed by atoms with E-state index in [9.17, 15) is 4.79 Å². The van der Waals surface area contributed by atoms with Crippen LogP contribution in [-0.2, 0) is 0 Å². The second-order valence-corrected chi connectivity index (χ2v) is 4.32. The largest absolute Gasteiger partial charge is 0.493 e. The number of guanidine groups is 1. The predicted molar refractivity (Wildman–Crippen MR) is 78.0 cm³/mol. The number of hydrogen-bond acceptors (Lipinski definition) is 4. The highest BCUT2D eigenvalue weighted by atomic mass is 35.5. The topological polar surface area (TPSA) is 91.9 Å². The standard InChI is InChI=1S/C12H17ClN4O3/c1-16(12(18)17(2)11(14)15)9-7(13)5-6-8(19-3)10(9)20-4/h5-6H,1-4H3,(H3,14,15). The molecule has 0 aliphatic carbocycles. The number of hydrogen-bond donors (Lipinski definition) is 2. The molecule has 0 unspecified atom stereocenters. The molecule has 20 heavy (non-hydrogen) atoms. The van der Waals surface area contributed by atoms with E-state index >= 15 is 0 Å². The number of urea groups is 1. The molecular weight excluding hydrogens is 284 g/mol. The number of ether oxygens (including phenoxy) is 2. The quantitative estimate of drug-likeness (QED) is 0.657. The third-order valence-corrected chi connectivity index (χ3v) is 3.05. The summed E-state index contributed by atoms with van der Waals surface area (Å²) >= 11 is 6.13. The number of carbonyl (C=O) groups excluding carboxylic acids is 1. The summed E-state index contributed by atoms with van der Waals surface area (Å²) in [5.74, 6) is 0.393. The lowest BCUT2D eigenvalue weighted by Gasteiger charge is -2.26. The van der Waals surface area contributed by atoms with Crippen LogP contribution in [0, 0.1) is 5.41 Å². The van der Waals surface area contributed by atoms with E-state index in [4.69, 9.17) is 32.2 Å². The van der Waals surface area contributed by atoms with Crippen LogP contribution >= 0.6 is 11.6 Å². The van der Waals surface area contributed by atoms with Gasteiger partial charge in [0.15, 0.2) is 17.5 Å². The molecule has 0 aromatic heterocycles. The summed E-state index contributed by atoms with van der Waals surface area (Å²) in [5.41, 5.74) is 5.63. The number of benzene rings is 1. The van der Waals surface area contributed by atoms with Crippen LogP contribution in [0.4, 0.5) is 10.5 Å². The first kappa shape index (κ1) is 15.9. The zero-order valence-electron chi connectivity index (χ0n) is 11.7. The van der Waals surface area contributed by atoms with Crippen LogP contribution in [-0.4, -0.2) is 45.2 Å². The molecule has 0 saturated heterocycles. The molecule has 0 aliphatic rings. The van der Waals surface area contributed by atoms with E-state index in [1.54, 1.807) is 12.1 Å². The molecule has 0 radical (unpaired) electrons. The molecule has 0 aliphatic heterocycles. The highest BCUT2D eigenvalue weighted by Gasteiger charge is 2.25. The molecule has 0 fully saturated rings. The maximum absolute atomic E-state index is 12.2. The Labute approximate surface area is 122 Å². The van der Waals surface area contributed by atoms with Crippen LogP contribution in [0.2, 0.25) is 5.02 Å². The van der Waals surface area contributed by atoms with E-state index < -0.39 is 6.03 Å². The number of amides is 2. The van der Waals surface area contributed by atoms with Crippen molar-refractivity contribution in [2.75, 3.05) is 33.2 Å². The van der Waals surface area contributed by atoms with E-state index in [0.29, 0.717) is 22.2 Å². The minimum absolute atomic E-state index is 0.315. The molecule has 1 aromatic carbocycles. The van der Waals surface area contributed by atoms with Gasteiger partial charge in [-0.2, -0.15) is 0 Å². The third kappa shape index (κ3) is 2.88. The molecule has 0 atom stereocenters. The van der Waals surface area contributed by atoms with Gasteiger partial charge in [0.05, 0.1) is 19.2 Å². The van der Waals surface area contributed by atoms with Gasteiger partial charge in [0.25, 0.3) is 0 Å². The van der Waals surface area contributed by atoms with Crippen LogP contribution < -0.4 is 20.1 Å². The van der Waals surface area contributed by atoms with Crippen LogP contribution in [0.1, 0.15) is 0 Å². The van der Waals surface area contributed by atoms with Crippen molar-refractivity contribution in [2.24, 2.45) is 5.73 Å². The van der Waals surface area contributed by atoms with E-state index in [0.717, 1.165) is 4.90 Å². The summed E-state index contributed by atoms with van der Waals surface area (Å²) < 4.78 is 10.4. The molecule has 1 rings (SSSR count). The van der Waals surface area contributed by atoms with Crippen LogP contribution in [0.5, 0.6) is 11.5 Å². The van der Waals surface area contributed by atoms with Crippen molar-refractivity contribution < 1.29 is 14.3 Å². The van der Waals surface area contributed by atoms with Gasteiger partial charge in [-0.3, -0.25) is 15.2 Å². The minimum Gasteiger partial charge on any atom is -0.493 e. The molecule has 7 nitrogen and oxygen atoms in total. The lowest BCUT2D eigenvalue weighted by Crippen LogP contribution is -2.45. The van der Waals surface area contributed by atoms with Gasteiger partial charge < -0.3 is 15.2 Å². The molecule has 8 heteroatoms. The first-order valence-corrected chi connectivity index (χ1v) is 5.98. The van der Waals surface area contributed by atoms with Gasteiger partial charge in [-0.15, -0.1) is 0 Å². The fourth-order valence-corrected chi connectivity index (χ4v) is 1.90. The van der Waals surface area contributed by atoms with Crippen LogP contribution in [0.15, 0.2) is 12.1 Å². The monoisotopic (exact) mass is 300 g/mol. The highest BCUT2D eigenvalue weighted by Crippen LogP contribution is 2.42. The summed E-state index contributed by atoms with van der Waals surface area (Å²) in [7, 11) is 5.83. The van der Waals surface area contributed by atoms with Crippen molar-refractivity contribution in [1.29, 1.82) is 5.41 Å². The van der Waals surface area contributed by atoms with E-state index in [1.807, 2.05) is 0 Å². The number of carbonyl (C=O) groups is 1. The molecule has 0 heterocycles. The van der Waals surface area contributed by atoms with E-state index in [-0.39, 0.29) is 5.96 Å². The SMILES string of the molecule is COc1ccc(Cl)c(N(C)C(=O)N(C)C(=N)N)c1OC. The summed E-state index contributed by atoms with van der Waals surface area (Å²) in [5, 5.41) is 7.60. The fraction of sp³-hybridized carbons (Fsp3) is 0.333. The Bertz CT molecular complexity index is 536. The molecule has 0 saturated carbocycles. The Morgan fingerprint density at radius 2 is 1.90 bits per heavy atom. The lowest BCUT2D eigenvalue weighted by molar-refractivity contribution is 0.233. The zero-order valence-corrected chi connectivity index (χ0v) is 12.5. The summed E-state index contributed by atoms with van der Waals surface area (Å²) in [6, 6.07) is 2.71. The zero-order chi connectivity index (χ0) is 15.4. The molecule has 2 amide bonds. The van der Waals surface area contributed by atoms with Gasteiger partial charge in [0.2, 0.25) is 0 Å². The fourth-order valence-electron chi connectivity index (χ4n) is 1.62. The van der Waals surface area contributed by atoms with Crippen molar-refractivity contribution in [3.63, 3.8) is 0 Å². The Morgan fingerprint density at radius 1 is 1.30 bits per heavy atom. The lowest BCUT2D eigenvalue weighted by atomic mass is 10.2. The smallest absolute Gasteiger partial charge is 0.330 e. The van der Waals surface area contributed by atoms with Crippen molar-refractivity contribution >= 4 is 29.3 Å². The predicted octanol–water partition coefficient (Wildman–Crippen LogP) is 1.74. The third-order valence-electron chi connectivity index (χ3n) is 2.74. The Balaban J connectivity index is 3.31. The molecular formula is C12H17ClN4O3. The Kier molecular flexibility index (Phi) is 5.04. The number of nitrogens with two attached hydrogens (primary N) is 1. The van der Waals surface area contributed by atoms with E-state index in [2.05, 4.69) is 0 Å².